The summed E-state index contributed by atoms with van der Waals surface area (Å²) in [6.45, 7) is 2.42. The minimum Gasteiger partial charge on any atom is -0.481 e. The fourth-order valence-electron chi connectivity index (χ4n) is 1.10. The van der Waals surface area contributed by atoms with Crippen molar-refractivity contribution >= 4 is 12.0 Å². The third-order valence-electron chi connectivity index (χ3n) is 1.96. The maximum Gasteiger partial charge on any atom is 0.317 e. The van der Waals surface area contributed by atoms with Crippen LogP contribution >= 0.6 is 0 Å². The number of aliphatic carboxylic acids is 1. The highest BCUT2D eigenvalue weighted by Crippen LogP contribution is 1.96. The summed E-state index contributed by atoms with van der Waals surface area (Å²) in [6.07, 6.45) is 0.446. The Balaban J connectivity index is 3.72. The molecule has 1 unspecified atom stereocenters. The molecule has 0 spiro atoms. The molecule has 6 nitrogen and oxygen atoms in total. The van der Waals surface area contributed by atoms with Crippen molar-refractivity contribution in [2.24, 2.45) is 5.92 Å². The monoisotopic (exact) mass is 227 g/mol. The van der Waals surface area contributed by atoms with E-state index in [-0.39, 0.29) is 18.4 Å². The number of nitrogens with zero attached hydrogens (tertiary/aromatic N) is 2. The Hall–Kier alpha value is -1.77. The van der Waals surface area contributed by atoms with Crippen LogP contribution in [0.25, 0.3) is 0 Å². The third-order valence-corrected chi connectivity index (χ3v) is 1.96. The highest BCUT2D eigenvalue weighted by Gasteiger charge is 2.11. The molecule has 0 aromatic rings. The summed E-state index contributed by atoms with van der Waals surface area (Å²) in [6, 6.07) is 1.75. The summed E-state index contributed by atoms with van der Waals surface area (Å²) in [5, 5.41) is 19.5. The number of nitrogens with one attached hydrogen (secondary N) is 1. The molecular weight excluding hydrogens is 210 g/mol. The topological polar surface area (TPSA) is 93.4 Å². The molecule has 6 heteroatoms. The lowest BCUT2D eigenvalue weighted by Crippen LogP contribution is -2.39. The van der Waals surface area contributed by atoms with Crippen LogP contribution < -0.4 is 5.32 Å². The maximum atomic E-state index is 11.4. The van der Waals surface area contributed by atoms with Crippen LogP contribution in [-0.2, 0) is 4.79 Å². The van der Waals surface area contributed by atoms with Gasteiger partial charge in [-0.15, -0.1) is 0 Å². The molecular formula is C10H17N3O3. The quantitative estimate of drug-likeness (QED) is 0.651. The smallest absolute Gasteiger partial charge is 0.317 e. The molecule has 0 fully saturated rings. The second kappa shape index (κ2) is 7.51. The van der Waals surface area contributed by atoms with Gasteiger partial charge in [-0.1, -0.05) is 0 Å². The van der Waals surface area contributed by atoms with Gasteiger partial charge in [0, 0.05) is 26.6 Å². The SMILES string of the molecule is CC(C#N)CN(C)C(=O)NCCCC(=O)O. The Morgan fingerprint density at radius 1 is 1.56 bits per heavy atom. The zero-order chi connectivity index (χ0) is 12.6. The molecule has 0 saturated heterocycles. The molecule has 0 aromatic carbocycles. The summed E-state index contributed by atoms with van der Waals surface area (Å²) in [4.78, 5) is 23.0. The molecule has 0 aliphatic carbocycles. The van der Waals surface area contributed by atoms with E-state index in [9.17, 15) is 9.59 Å². The molecule has 0 aromatic heterocycles. The standard InChI is InChI=1S/C10H17N3O3/c1-8(6-11)7-13(2)10(16)12-5-3-4-9(14)15/h8H,3-5,7H2,1-2H3,(H,12,16)(H,14,15). The number of carboxylic acid groups (broad SMARTS) is 1. The molecule has 0 saturated carbocycles. The summed E-state index contributed by atoms with van der Waals surface area (Å²) in [7, 11) is 1.60. The van der Waals surface area contributed by atoms with E-state index >= 15 is 0 Å². The third kappa shape index (κ3) is 6.65. The predicted molar refractivity (Wildman–Crippen MR) is 57.7 cm³/mol. The van der Waals surface area contributed by atoms with Gasteiger partial charge in [-0.2, -0.15) is 5.26 Å². The van der Waals surface area contributed by atoms with Crippen molar-refractivity contribution in [3.8, 4) is 6.07 Å². The second-order valence-corrected chi connectivity index (χ2v) is 3.64. The molecule has 2 N–H and O–H groups in total. The van der Waals surface area contributed by atoms with E-state index in [0.717, 1.165) is 0 Å². The fourth-order valence-corrected chi connectivity index (χ4v) is 1.10. The van der Waals surface area contributed by atoms with Crippen LogP contribution in [0.4, 0.5) is 4.79 Å². The van der Waals surface area contributed by atoms with E-state index in [1.54, 1.807) is 14.0 Å². The Bertz CT molecular complexity index is 286. The minimum absolute atomic E-state index is 0.0403. The van der Waals surface area contributed by atoms with Gasteiger partial charge in [0.1, 0.15) is 0 Å². The van der Waals surface area contributed by atoms with Gasteiger partial charge in [0.2, 0.25) is 0 Å². The molecule has 0 radical (unpaired) electrons. The van der Waals surface area contributed by atoms with Gasteiger partial charge in [0.15, 0.2) is 0 Å². The van der Waals surface area contributed by atoms with Crippen LogP contribution in [-0.4, -0.2) is 42.1 Å². The van der Waals surface area contributed by atoms with E-state index < -0.39 is 5.97 Å². The van der Waals surface area contributed by atoms with Crippen molar-refractivity contribution in [2.45, 2.75) is 19.8 Å². The van der Waals surface area contributed by atoms with Crippen molar-refractivity contribution in [1.29, 1.82) is 5.26 Å². The zero-order valence-corrected chi connectivity index (χ0v) is 9.56. The minimum atomic E-state index is -0.874. The number of urea groups is 1. The number of nitriles is 1. The van der Waals surface area contributed by atoms with Crippen molar-refractivity contribution in [3.63, 3.8) is 0 Å². The van der Waals surface area contributed by atoms with Gasteiger partial charge >= 0.3 is 12.0 Å². The lowest BCUT2D eigenvalue weighted by Gasteiger charge is -2.18. The van der Waals surface area contributed by atoms with Crippen molar-refractivity contribution in [3.05, 3.63) is 0 Å². The van der Waals surface area contributed by atoms with Crippen LogP contribution in [0.3, 0.4) is 0 Å². The molecule has 0 aliphatic rings. The fraction of sp³-hybridized carbons (Fsp3) is 0.700. The Morgan fingerprint density at radius 3 is 2.69 bits per heavy atom. The van der Waals surface area contributed by atoms with E-state index in [2.05, 4.69) is 5.32 Å². The lowest BCUT2D eigenvalue weighted by atomic mass is 10.2. The van der Waals surface area contributed by atoms with Crippen LogP contribution in [0, 0.1) is 17.2 Å². The highest BCUT2D eigenvalue weighted by atomic mass is 16.4. The number of carbonyl (C=O) groups is 2. The molecule has 0 heterocycles. The number of hydrogen-bond acceptors (Lipinski definition) is 3. The Morgan fingerprint density at radius 2 is 2.19 bits per heavy atom. The molecule has 1 atom stereocenters. The van der Waals surface area contributed by atoms with Crippen LogP contribution in [0.1, 0.15) is 19.8 Å². The molecule has 0 bridgehead atoms. The van der Waals surface area contributed by atoms with Crippen LogP contribution in [0.5, 0.6) is 0 Å². The zero-order valence-electron chi connectivity index (χ0n) is 9.56. The summed E-state index contributed by atoms with van der Waals surface area (Å²) >= 11 is 0. The Kier molecular flexibility index (Phi) is 6.68. The lowest BCUT2D eigenvalue weighted by molar-refractivity contribution is -0.137. The average molecular weight is 227 g/mol. The molecule has 2 amide bonds. The summed E-state index contributed by atoms with van der Waals surface area (Å²) in [5.74, 6) is -1.09. The van der Waals surface area contributed by atoms with Crippen LogP contribution in [0.15, 0.2) is 0 Å². The first-order chi connectivity index (χ1) is 7.47. The number of carboxylic acids is 1. The maximum absolute atomic E-state index is 11.4. The van der Waals surface area contributed by atoms with Gasteiger partial charge in [-0.3, -0.25) is 4.79 Å². The van der Waals surface area contributed by atoms with Crippen LogP contribution in [0.2, 0.25) is 0 Å². The van der Waals surface area contributed by atoms with Gasteiger partial charge in [0.25, 0.3) is 0 Å². The predicted octanol–water partition coefficient (Wildman–Crippen LogP) is 0.652. The largest absolute Gasteiger partial charge is 0.481 e. The van der Waals surface area contributed by atoms with Crippen molar-refractivity contribution < 1.29 is 14.7 Å². The first-order valence-corrected chi connectivity index (χ1v) is 5.07. The van der Waals surface area contributed by atoms with Gasteiger partial charge in [0.05, 0.1) is 12.0 Å². The van der Waals surface area contributed by atoms with Crippen molar-refractivity contribution in [2.75, 3.05) is 20.1 Å². The highest BCUT2D eigenvalue weighted by molar-refractivity contribution is 5.74. The molecule has 16 heavy (non-hydrogen) atoms. The first kappa shape index (κ1) is 14.2. The van der Waals surface area contributed by atoms with Gasteiger partial charge in [-0.05, 0) is 13.3 Å². The summed E-state index contributed by atoms with van der Waals surface area (Å²) < 4.78 is 0. The van der Waals surface area contributed by atoms with E-state index in [1.807, 2.05) is 6.07 Å². The van der Waals surface area contributed by atoms with E-state index in [0.29, 0.717) is 19.5 Å². The number of rotatable bonds is 6. The summed E-state index contributed by atoms with van der Waals surface area (Å²) in [5.41, 5.74) is 0. The molecule has 90 valence electrons. The normalized spacial score (nSPS) is 11.3. The number of carbonyl (C=O) groups excluding carboxylic acids is 1. The van der Waals surface area contributed by atoms with E-state index in [4.69, 9.17) is 10.4 Å². The molecule has 0 rings (SSSR count). The number of hydrogen-bond donors (Lipinski definition) is 2. The Labute approximate surface area is 94.8 Å². The molecule has 0 aliphatic heterocycles. The van der Waals surface area contributed by atoms with E-state index in [1.165, 1.54) is 4.90 Å². The van der Waals surface area contributed by atoms with Gasteiger partial charge in [-0.25, -0.2) is 4.79 Å². The van der Waals surface area contributed by atoms with Crippen molar-refractivity contribution in [1.82, 2.24) is 10.2 Å². The number of amides is 2. The average Bonchev–Trinajstić information content (AvgIpc) is 2.23. The second-order valence-electron chi connectivity index (χ2n) is 3.64. The van der Waals surface area contributed by atoms with Gasteiger partial charge < -0.3 is 15.3 Å². The first-order valence-electron chi connectivity index (χ1n) is 5.07.